The number of aliphatic hydroxyl groups is 1. The molecule has 0 unspecified atom stereocenters. The van der Waals surface area contributed by atoms with Crippen LogP contribution in [-0.4, -0.2) is 36.3 Å². The maximum atomic E-state index is 8.93. The predicted octanol–water partition coefficient (Wildman–Crippen LogP) is 2.42. The zero-order valence-corrected chi connectivity index (χ0v) is 14.8. The second kappa shape index (κ2) is 7.35. The van der Waals surface area contributed by atoms with Gasteiger partial charge in [0.25, 0.3) is 0 Å². The zero-order chi connectivity index (χ0) is 17.8. The lowest BCUT2D eigenvalue weighted by atomic mass is 9.85. The molecule has 2 aromatic rings. The van der Waals surface area contributed by atoms with Gasteiger partial charge in [0, 0.05) is 12.2 Å². The van der Waals surface area contributed by atoms with Crippen molar-refractivity contribution in [2.75, 3.05) is 30.5 Å². The fourth-order valence-electron chi connectivity index (χ4n) is 3.66. The second-order valence-electron chi connectivity index (χ2n) is 6.82. The van der Waals surface area contributed by atoms with Gasteiger partial charge >= 0.3 is 0 Å². The molecule has 2 heterocycles. The molecule has 0 radical (unpaired) electrons. The number of nitrogens with one attached hydrogen (secondary N) is 4. The molecule has 1 saturated heterocycles. The Morgan fingerprint density at radius 3 is 2.54 bits per heavy atom. The van der Waals surface area contributed by atoms with Gasteiger partial charge in [0.05, 0.1) is 16.9 Å². The fraction of sp³-hybridized carbons (Fsp3) is 0.350. The minimum absolute atomic E-state index is 0.0595. The lowest BCUT2D eigenvalue weighted by Gasteiger charge is -2.43. The lowest BCUT2D eigenvalue weighted by molar-refractivity contribution is 0.325. The van der Waals surface area contributed by atoms with Gasteiger partial charge in [-0.05, 0) is 55.8 Å². The minimum atomic E-state index is -0.127. The number of aliphatic imine (C=N–C) groups is 1. The molecule has 1 spiro atoms. The normalized spacial score (nSPS) is 17.8. The average Bonchev–Trinajstić information content (AvgIpc) is 2.68. The van der Waals surface area contributed by atoms with Crippen LogP contribution < -0.4 is 21.3 Å². The summed E-state index contributed by atoms with van der Waals surface area (Å²) in [5.41, 5.74) is 4.06. The zero-order valence-electron chi connectivity index (χ0n) is 14.8. The number of nitrogens with zero attached hydrogens (tertiary/aromatic N) is 1. The van der Waals surface area contributed by atoms with Gasteiger partial charge in [-0.15, -0.1) is 0 Å². The van der Waals surface area contributed by atoms with E-state index in [0.717, 1.165) is 55.4 Å². The third-order valence-electron chi connectivity index (χ3n) is 5.12. The summed E-state index contributed by atoms with van der Waals surface area (Å²) >= 11 is 0. The summed E-state index contributed by atoms with van der Waals surface area (Å²) in [7, 11) is 0. The lowest BCUT2D eigenvalue weighted by Crippen LogP contribution is -2.58. The SMILES string of the molecule is OCNc1ccc(CNC2=Nc3ccccc3NC23CCNCC3)cc1. The average molecular weight is 351 g/mol. The number of fused-ring (bicyclic) bond motifs is 1. The molecule has 4 rings (SSSR count). The Balaban J connectivity index is 1.54. The Bertz CT molecular complexity index is 781. The molecule has 0 saturated carbocycles. The highest BCUT2D eigenvalue weighted by atomic mass is 16.3. The van der Waals surface area contributed by atoms with Crippen LogP contribution in [0.15, 0.2) is 53.5 Å². The van der Waals surface area contributed by atoms with Crippen LogP contribution in [0.4, 0.5) is 17.1 Å². The number of hydrogen-bond donors (Lipinski definition) is 5. The van der Waals surface area contributed by atoms with Gasteiger partial charge in [0.1, 0.15) is 12.6 Å². The van der Waals surface area contributed by atoms with Crippen molar-refractivity contribution in [1.82, 2.24) is 10.6 Å². The van der Waals surface area contributed by atoms with E-state index in [0.29, 0.717) is 0 Å². The Kier molecular flexibility index (Phi) is 4.77. The van der Waals surface area contributed by atoms with Gasteiger partial charge in [-0.2, -0.15) is 0 Å². The highest BCUT2D eigenvalue weighted by Gasteiger charge is 2.40. The summed E-state index contributed by atoms with van der Waals surface area (Å²) in [4.78, 5) is 4.95. The number of aliphatic hydroxyl groups excluding tert-OH is 1. The van der Waals surface area contributed by atoms with Crippen molar-refractivity contribution in [2.45, 2.75) is 24.9 Å². The molecule has 6 heteroatoms. The first-order valence-electron chi connectivity index (χ1n) is 9.14. The molecule has 0 aromatic heterocycles. The van der Waals surface area contributed by atoms with E-state index in [9.17, 15) is 0 Å². The number of para-hydroxylation sites is 2. The van der Waals surface area contributed by atoms with Gasteiger partial charge in [0.15, 0.2) is 0 Å². The van der Waals surface area contributed by atoms with Crippen molar-refractivity contribution in [1.29, 1.82) is 0 Å². The summed E-state index contributed by atoms with van der Waals surface area (Å²) in [5.74, 6) is 1.02. The van der Waals surface area contributed by atoms with E-state index in [1.54, 1.807) is 0 Å². The van der Waals surface area contributed by atoms with Crippen molar-refractivity contribution in [3.8, 4) is 0 Å². The minimum Gasteiger partial charge on any atom is -0.377 e. The Labute approximate surface area is 153 Å². The number of hydrogen-bond acceptors (Lipinski definition) is 6. The number of benzene rings is 2. The summed E-state index contributed by atoms with van der Waals surface area (Å²) in [6, 6.07) is 16.3. The molecule has 6 nitrogen and oxygen atoms in total. The van der Waals surface area contributed by atoms with Gasteiger partial charge < -0.3 is 26.4 Å². The van der Waals surface area contributed by atoms with Crippen LogP contribution in [0.1, 0.15) is 18.4 Å². The first-order chi connectivity index (χ1) is 12.8. The maximum Gasteiger partial charge on any atom is 0.128 e. The molecule has 0 atom stereocenters. The van der Waals surface area contributed by atoms with Gasteiger partial charge in [-0.25, -0.2) is 4.99 Å². The van der Waals surface area contributed by atoms with E-state index in [4.69, 9.17) is 10.1 Å². The van der Waals surface area contributed by atoms with Gasteiger partial charge in [0.2, 0.25) is 0 Å². The standard InChI is InChI=1S/C20H25N5O/c26-14-23-16-7-5-15(6-8-16)13-22-19-20(9-11-21-12-10-20)25-18-4-2-1-3-17(18)24-19/h1-8,21,23,25-26H,9-14H2,(H,22,24). The second-order valence-corrected chi connectivity index (χ2v) is 6.82. The maximum absolute atomic E-state index is 8.93. The van der Waals surface area contributed by atoms with Crippen molar-refractivity contribution < 1.29 is 5.11 Å². The molecule has 2 aliphatic rings. The molecule has 26 heavy (non-hydrogen) atoms. The van der Waals surface area contributed by atoms with E-state index in [2.05, 4.69) is 45.5 Å². The molecule has 136 valence electrons. The molecule has 2 aliphatic heterocycles. The number of rotatable bonds is 4. The highest BCUT2D eigenvalue weighted by molar-refractivity contribution is 6.00. The number of amidine groups is 1. The van der Waals surface area contributed by atoms with Crippen LogP contribution in [0.2, 0.25) is 0 Å². The third-order valence-corrected chi connectivity index (χ3v) is 5.12. The first kappa shape index (κ1) is 16.9. The van der Waals surface area contributed by atoms with Crippen molar-refractivity contribution in [3.05, 3.63) is 54.1 Å². The molecule has 2 aromatic carbocycles. The van der Waals surface area contributed by atoms with Crippen molar-refractivity contribution >= 4 is 22.9 Å². The predicted molar refractivity (Wildman–Crippen MR) is 106 cm³/mol. The third kappa shape index (κ3) is 3.38. The van der Waals surface area contributed by atoms with Crippen LogP contribution in [0.25, 0.3) is 0 Å². The molecule has 5 N–H and O–H groups in total. The summed E-state index contributed by atoms with van der Waals surface area (Å²) < 4.78 is 0. The molecule has 0 aliphatic carbocycles. The highest BCUT2D eigenvalue weighted by Crippen LogP contribution is 2.36. The Morgan fingerprint density at radius 2 is 1.77 bits per heavy atom. The number of piperidine rings is 1. The van der Waals surface area contributed by atoms with Crippen LogP contribution >= 0.6 is 0 Å². The van der Waals surface area contributed by atoms with E-state index >= 15 is 0 Å². The topological polar surface area (TPSA) is 80.7 Å². The molecule has 0 amide bonds. The summed E-state index contributed by atoms with van der Waals surface area (Å²) in [6.07, 6.45) is 2.01. The largest absolute Gasteiger partial charge is 0.377 e. The fourth-order valence-corrected chi connectivity index (χ4v) is 3.66. The van der Waals surface area contributed by atoms with E-state index in [1.165, 1.54) is 5.56 Å². The smallest absolute Gasteiger partial charge is 0.128 e. The summed E-state index contributed by atoms with van der Waals surface area (Å²) in [5, 5.41) is 22.6. The first-order valence-corrected chi connectivity index (χ1v) is 9.14. The molecule has 1 fully saturated rings. The van der Waals surface area contributed by atoms with Crippen molar-refractivity contribution in [3.63, 3.8) is 0 Å². The van der Waals surface area contributed by atoms with E-state index in [1.807, 2.05) is 24.3 Å². The van der Waals surface area contributed by atoms with Crippen LogP contribution in [-0.2, 0) is 6.54 Å². The molecular formula is C20H25N5O. The van der Waals surface area contributed by atoms with E-state index in [-0.39, 0.29) is 12.3 Å². The quantitative estimate of drug-likeness (QED) is 0.547. The molecular weight excluding hydrogens is 326 g/mol. The van der Waals surface area contributed by atoms with E-state index < -0.39 is 0 Å². The van der Waals surface area contributed by atoms with Crippen LogP contribution in [0.3, 0.4) is 0 Å². The van der Waals surface area contributed by atoms with Gasteiger partial charge in [-0.1, -0.05) is 24.3 Å². The van der Waals surface area contributed by atoms with Crippen LogP contribution in [0.5, 0.6) is 0 Å². The Morgan fingerprint density at radius 1 is 1.00 bits per heavy atom. The Hall–Kier alpha value is -2.57. The van der Waals surface area contributed by atoms with Gasteiger partial charge in [-0.3, -0.25) is 0 Å². The van der Waals surface area contributed by atoms with Crippen LogP contribution in [0, 0.1) is 0 Å². The summed E-state index contributed by atoms with van der Waals surface area (Å²) in [6.45, 7) is 2.63. The number of anilines is 2. The molecule has 0 bridgehead atoms. The van der Waals surface area contributed by atoms with Crippen molar-refractivity contribution in [2.24, 2.45) is 4.99 Å². The monoisotopic (exact) mass is 351 g/mol.